The summed E-state index contributed by atoms with van der Waals surface area (Å²) in [5, 5.41) is 2.61. The van der Waals surface area contributed by atoms with E-state index >= 15 is 0 Å². The van der Waals surface area contributed by atoms with E-state index in [4.69, 9.17) is 18.9 Å². The number of Topliss-reactive ketones (excluding diaryl/α,β-unsaturated/α-hetero) is 1. The summed E-state index contributed by atoms with van der Waals surface area (Å²) in [4.78, 5) is 51.1. The third-order valence-electron chi connectivity index (χ3n) is 7.99. The Morgan fingerprint density at radius 2 is 1.45 bits per heavy atom. The molecule has 4 rings (SSSR count). The fourth-order valence-electron chi connectivity index (χ4n) is 6.23. The molecule has 1 aliphatic rings. The Hall–Kier alpha value is -2.11. The maximum atomic E-state index is 13.5. The average molecular weight is 682 g/mol. The van der Waals surface area contributed by atoms with E-state index in [9.17, 15) is 23.9 Å². The fourth-order valence-corrected chi connectivity index (χ4v) is 7.34. The van der Waals surface area contributed by atoms with Crippen LogP contribution in [-0.4, -0.2) is 40.1 Å². The molecule has 0 saturated carbocycles. The summed E-state index contributed by atoms with van der Waals surface area (Å²) in [6, 6.07) is 11.9. The molecule has 47 heavy (non-hydrogen) atoms. The number of methoxy groups -OCH3 is 4. The van der Waals surface area contributed by atoms with Crippen molar-refractivity contribution >= 4 is 41.4 Å². The van der Waals surface area contributed by atoms with Gasteiger partial charge in [-0.25, -0.2) is 0 Å². The molecule has 0 radical (unpaired) electrons. The second-order valence-electron chi connectivity index (χ2n) is 11.7. The maximum Gasteiger partial charge on any atom is 1.00 e. The SMILES string of the molecule is COc1ccc(C2=C(c3cc(OC)c(OC)c(OC)c3)C(=O)CC2)cc1NC(=O)CC(C)(C)c1c(C)cc(C)cc1P(=O)([O-])[O-].[Na+].[Na+]. The van der Waals surface area contributed by atoms with E-state index in [1.807, 2.05) is 6.07 Å². The van der Waals surface area contributed by atoms with Gasteiger partial charge in [-0.3, -0.25) is 9.59 Å². The number of amides is 1. The van der Waals surface area contributed by atoms with Gasteiger partial charge in [-0.2, -0.15) is 0 Å². The summed E-state index contributed by atoms with van der Waals surface area (Å²) in [5.74, 6) is 1.20. The van der Waals surface area contributed by atoms with Crippen LogP contribution in [0.3, 0.4) is 0 Å². The van der Waals surface area contributed by atoms with Gasteiger partial charge in [-0.15, -0.1) is 0 Å². The summed E-state index contributed by atoms with van der Waals surface area (Å²) in [6.45, 7) is 6.91. The van der Waals surface area contributed by atoms with Gasteiger partial charge < -0.3 is 38.6 Å². The molecule has 1 amide bonds. The Balaban J connectivity index is 0.00000384. The number of benzene rings is 3. The standard InChI is InChI=1S/C34H40NO9P.2Na/c1-19-13-20(2)32(29(14-19)45(38,39)40)34(3,4)18-30(37)35-24-15-21(9-12-26(24)41-5)23-10-11-25(36)31(23)22-16-27(42-6)33(44-8)28(17-22)43-7;;/h9,12-17H,10-11,18H2,1-8H3,(H,35,37)(H2,38,39,40);;/q;2*+1/p-2. The van der Waals surface area contributed by atoms with Crippen molar-refractivity contribution in [3.05, 3.63) is 70.3 Å². The maximum absolute atomic E-state index is 13.5. The van der Waals surface area contributed by atoms with Crippen molar-refractivity contribution in [2.75, 3.05) is 33.8 Å². The summed E-state index contributed by atoms with van der Waals surface area (Å²) in [5.41, 5.74) is 3.60. The quantitative estimate of drug-likeness (QED) is 0.188. The first-order valence-electron chi connectivity index (χ1n) is 14.3. The largest absolute Gasteiger partial charge is 1.00 e. The molecule has 13 heteroatoms. The van der Waals surface area contributed by atoms with Crippen molar-refractivity contribution in [1.29, 1.82) is 0 Å². The van der Waals surface area contributed by atoms with E-state index in [1.54, 1.807) is 58.0 Å². The van der Waals surface area contributed by atoms with Crippen LogP contribution in [0.1, 0.15) is 60.9 Å². The van der Waals surface area contributed by atoms with Gasteiger partial charge in [0, 0.05) is 18.4 Å². The van der Waals surface area contributed by atoms with Crippen LogP contribution in [0.2, 0.25) is 0 Å². The monoisotopic (exact) mass is 681 g/mol. The molecular formula is C34H38NNa2O9P. The zero-order valence-electron chi connectivity index (χ0n) is 28.8. The minimum atomic E-state index is -5.11. The molecule has 0 heterocycles. The van der Waals surface area contributed by atoms with Crippen LogP contribution < -0.4 is 98.5 Å². The first-order valence-corrected chi connectivity index (χ1v) is 15.9. The van der Waals surface area contributed by atoms with Crippen LogP contribution in [0.5, 0.6) is 23.0 Å². The second kappa shape index (κ2) is 16.5. The molecule has 0 spiro atoms. The Morgan fingerprint density at radius 1 is 0.851 bits per heavy atom. The van der Waals surface area contributed by atoms with Gasteiger partial charge in [0.05, 0.1) is 34.1 Å². The number of nitrogens with one attached hydrogen (secondary N) is 1. The van der Waals surface area contributed by atoms with E-state index in [0.717, 1.165) is 11.1 Å². The molecule has 0 saturated heterocycles. The Bertz CT molecular complexity index is 1720. The predicted octanol–water partition coefficient (Wildman–Crippen LogP) is -1.54. The van der Waals surface area contributed by atoms with Crippen LogP contribution >= 0.6 is 7.60 Å². The normalized spacial score (nSPS) is 13.0. The average Bonchev–Trinajstić information content (AvgIpc) is 3.35. The van der Waals surface area contributed by atoms with E-state index in [-0.39, 0.29) is 76.6 Å². The van der Waals surface area contributed by atoms with Gasteiger partial charge in [0.2, 0.25) is 11.7 Å². The number of aryl methyl sites for hydroxylation is 2. The van der Waals surface area contributed by atoms with Gasteiger partial charge in [-0.1, -0.05) is 37.6 Å². The smallest absolute Gasteiger partial charge is 0.807 e. The van der Waals surface area contributed by atoms with Crippen molar-refractivity contribution in [2.24, 2.45) is 0 Å². The third-order valence-corrected chi connectivity index (χ3v) is 8.93. The van der Waals surface area contributed by atoms with Crippen LogP contribution in [0.25, 0.3) is 11.1 Å². The number of ether oxygens (including phenoxy) is 4. The summed E-state index contributed by atoms with van der Waals surface area (Å²) < 4.78 is 34.2. The molecule has 10 nitrogen and oxygen atoms in total. The number of ketones is 1. The van der Waals surface area contributed by atoms with Crippen molar-refractivity contribution in [3.63, 3.8) is 0 Å². The number of carbonyl (C=O) groups is 2. The first-order chi connectivity index (χ1) is 21.1. The number of hydrogen-bond donors (Lipinski definition) is 1. The predicted molar refractivity (Wildman–Crippen MR) is 170 cm³/mol. The van der Waals surface area contributed by atoms with Crippen LogP contribution in [0.15, 0.2) is 42.5 Å². The first kappa shape index (κ1) is 41.1. The molecule has 1 aliphatic carbocycles. The van der Waals surface area contributed by atoms with E-state index in [1.165, 1.54) is 34.5 Å². The second-order valence-corrected chi connectivity index (χ2v) is 13.2. The minimum absolute atomic E-state index is 0. The van der Waals surface area contributed by atoms with Crippen LogP contribution in [0.4, 0.5) is 5.69 Å². The minimum Gasteiger partial charge on any atom is -0.807 e. The molecule has 0 bridgehead atoms. The fraction of sp³-hybridized carbons (Fsp3) is 0.353. The number of allylic oxidation sites excluding steroid dienone is 2. The van der Waals surface area contributed by atoms with E-state index in [0.29, 0.717) is 69.4 Å². The van der Waals surface area contributed by atoms with Crippen LogP contribution in [-0.2, 0) is 19.6 Å². The number of rotatable bonds is 11. The molecule has 1 N–H and O–H groups in total. The van der Waals surface area contributed by atoms with Gasteiger partial charge in [0.1, 0.15) is 5.75 Å². The van der Waals surface area contributed by atoms with Crippen LogP contribution in [0, 0.1) is 13.8 Å². The number of anilines is 1. The molecular weight excluding hydrogens is 643 g/mol. The van der Waals surface area contributed by atoms with Crippen molar-refractivity contribution in [2.45, 2.75) is 52.4 Å². The topological polar surface area (TPSA) is 146 Å². The zero-order chi connectivity index (χ0) is 33.3. The summed E-state index contributed by atoms with van der Waals surface area (Å²) >= 11 is 0. The molecule has 0 unspecified atom stereocenters. The van der Waals surface area contributed by atoms with Gasteiger partial charge in [-0.05, 0) is 90.7 Å². The Morgan fingerprint density at radius 3 is 1.98 bits per heavy atom. The molecule has 3 aromatic carbocycles. The molecule has 0 aromatic heterocycles. The molecule has 3 aromatic rings. The van der Waals surface area contributed by atoms with Crippen molar-refractivity contribution in [1.82, 2.24) is 0 Å². The Labute approximate surface area is 320 Å². The van der Waals surface area contributed by atoms with E-state index < -0.39 is 18.9 Å². The van der Waals surface area contributed by atoms with Gasteiger partial charge in [0.25, 0.3) is 0 Å². The number of hydrogen-bond acceptors (Lipinski definition) is 9. The summed E-state index contributed by atoms with van der Waals surface area (Å²) in [6.07, 6.45) is 0.678. The van der Waals surface area contributed by atoms with E-state index in [2.05, 4.69) is 5.32 Å². The van der Waals surface area contributed by atoms with Gasteiger partial charge in [0.15, 0.2) is 17.3 Å². The van der Waals surface area contributed by atoms with Crippen molar-refractivity contribution in [3.8, 4) is 23.0 Å². The van der Waals surface area contributed by atoms with Gasteiger partial charge >= 0.3 is 59.1 Å². The third kappa shape index (κ3) is 8.93. The van der Waals surface area contributed by atoms with Crippen molar-refractivity contribution < 1.29 is 102 Å². The Kier molecular flexibility index (Phi) is 14.4. The summed E-state index contributed by atoms with van der Waals surface area (Å²) in [7, 11) is 0.898. The zero-order valence-corrected chi connectivity index (χ0v) is 33.7. The molecule has 0 fully saturated rings. The number of carbonyl (C=O) groups excluding carboxylic acids is 2. The molecule has 0 atom stereocenters. The molecule has 240 valence electrons. The molecule has 0 aliphatic heterocycles.